The highest BCUT2D eigenvalue weighted by molar-refractivity contribution is 6.17. The van der Waals surface area contributed by atoms with Crippen LogP contribution < -0.4 is 0 Å². The first-order valence-corrected chi connectivity index (χ1v) is 11.8. The fraction of sp³-hybridized carbons (Fsp3) is 0.533. The van der Waals surface area contributed by atoms with Crippen LogP contribution in [0.15, 0.2) is 46.4 Å². The third kappa shape index (κ3) is 6.64. The number of rotatable bonds is 3. The summed E-state index contributed by atoms with van der Waals surface area (Å²) in [7, 11) is 0. The minimum Gasteiger partial charge on any atom is -0.255 e. The summed E-state index contributed by atoms with van der Waals surface area (Å²) in [4.78, 5) is 9.70. The molecular formula is C30H44N2. The van der Waals surface area contributed by atoms with Crippen LogP contribution in [-0.4, -0.2) is 12.4 Å². The Labute approximate surface area is 197 Å². The van der Waals surface area contributed by atoms with Crippen molar-refractivity contribution in [2.45, 2.75) is 105 Å². The first-order chi connectivity index (χ1) is 14.4. The number of benzene rings is 2. The van der Waals surface area contributed by atoms with Gasteiger partial charge in [-0.1, -0.05) is 107 Å². The summed E-state index contributed by atoms with van der Waals surface area (Å²) in [5.41, 5.74) is 7.37. The Morgan fingerprint density at radius 2 is 0.781 bits per heavy atom. The Morgan fingerprint density at radius 1 is 0.469 bits per heavy atom. The Kier molecular flexibility index (Phi) is 7.29. The third-order valence-corrected chi connectivity index (χ3v) is 5.84. The van der Waals surface area contributed by atoms with E-state index in [0.29, 0.717) is 0 Å². The second kappa shape index (κ2) is 8.96. The predicted octanol–water partition coefficient (Wildman–Crippen LogP) is 8.98. The minimum absolute atomic E-state index is 0.0284. The number of nitrogens with zero attached hydrogens (tertiary/aromatic N) is 2. The molecule has 2 aromatic carbocycles. The van der Waals surface area contributed by atoms with Crippen LogP contribution in [0.3, 0.4) is 0 Å². The highest BCUT2D eigenvalue weighted by atomic mass is 14.8. The molecule has 174 valence electrons. The minimum atomic E-state index is 0.0284. The monoisotopic (exact) mass is 432 g/mol. The fourth-order valence-electron chi connectivity index (χ4n) is 3.71. The molecule has 0 heterocycles. The van der Waals surface area contributed by atoms with Gasteiger partial charge in [0.1, 0.15) is 0 Å². The zero-order chi connectivity index (χ0) is 24.5. The van der Waals surface area contributed by atoms with Crippen molar-refractivity contribution >= 4 is 23.8 Å². The van der Waals surface area contributed by atoms with Crippen LogP contribution in [0.25, 0.3) is 0 Å². The molecule has 0 bridgehead atoms. The number of aliphatic imine (C=N–C) groups is 2. The van der Waals surface area contributed by atoms with E-state index in [4.69, 9.17) is 9.98 Å². The molecule has 0 atom stereocenters. The molecule has 0 unspecified atom stereocenters. The largest absolute Gasteiger partial charge is 0.255 e. The van der Waals surface area contributed by atoms with Gasteiger partial charge >= 0.3 is 0 Å². The molecular weight excluding hydrogens is 388 g/mol. The van der Waals surface area contributed by atoms with E-state index in [-0.39, 0.29) is 21.7 Å². The smallest absolute Gasteiger partial charge is 0.0670 e. The lowest BCUT2D eigenvalue weighted by Crippen LogP contribution is -2.15. The van der Waals surface area contributed by atoms with E-state index in [0.717, 1.165) is 11.4 Å². The molecule has 32 heavy (non-hydrogen) atoms. The molecule has 2 heteroatoms. The Morgan fingerprint density at radius 3 is 1.03 bits per heavy atom. The van der Waals surface area contributed by atoms with Gasteiger partial charge in [0.05, 0.1) is 11.4 Å². The summed E-state index contributed by atoms with van der Waals surface area (Å²) in [6, 6.07) is 13.4. The van der Waals surface area contributed by atoms with Crippen LogP contribution >= 0.6 is 0 Å². The molecule has 0 amide bonds. The lowest BCUT2D eigenvalue weighted by molar-refractivity contribution is 0.578. The average Bonchev–Trinajstić information content (AvgIpc) is 2.61. The standard InChI is InChI=1S/C30H44N2/c1-27(2,3)21-13-15-23(29(7,8)9)25(19-21)31-17-18-32-26-20-22(28(4,5)6)14-16-24(26)30(10,11)12/h13-20H,1-12H3. The lowest BCUT2D eigenvalue weighted by atomic mass is 9.81. The van der Waals surface area contributed by atoms with E-state index < -0.39 is 0 Å². The van der Waals surface area contributed by atoms with Crippen molar-refractivity contribution in [1.29, 1.82) is 0 Å². The van der Waals surface area contributed by atoms with Gasteiger partial charge in [-0.15, -0.1) is 0 Å². The second-order valence-corrected chi connectivity index (χ2v) is 13.0. The van der Waals surface area contributed by atoms with E-state index >= 15 is 0 Å². The predicted molar refractivity (Wildman–Crippen MR) is 144 cm³/mol. The van der Waals surface area contributed by atoms with Crippen molar-refractivity contribution in [2.75, 3.05) is 0 Å². The van der Waals surface area contributed by atoms with Gasteiger partial charge in [0.15, 0.2) is 0 Å². The van der Waals surface area contributed by atoms with Gasteiger partial charge in [-0.25, -0.2) is 0 Å². The van der Waals surface area contributed by atoms with Crippen molar-refractivity contribution in [3.8, 4) is 0 Å². The van der Waals surface area contributed by atoms with Crippen molar-refractivity contribution in [2.24, 2.45) is 9.98 Å². The van der Waals surface area contributed by atoms with Crippen molar-refractivity contribution in [3.63, 3.8) is 0 Å². The highest BCUT2D eigenvalue weighted by Crippen LogP contribution is 2.36. The summed E-state index contributed by atoms with van der Waals surface area (Å²) in [6.07, 6.45) is 3.68. The molecule has 0 aromatic heterocycles. The van der Waals surface area contributed by atoms with Gasteiger partial charge in [-0.05, 0) is 56.0 Å². The van der Waals surface area contributed by atoms with E-state index in [2.05, 4.69) is 119 Å². The van der Waals surface area contributed by atoms with Crippen LogP contribution in [0.2, 0.25) is 0 Å². The quantitative estimate of drug-likeness (QED) is 0.432. The summed E-state index contributed by atoms with van der Waals surface area (Å²) in [5, 5.41) is 0. The lowest BCUT2D eigenvalue weighted by Gasteiger charge is -2.25. The molecule has 0 spiro atoms. The number of hydrogen-bond acceptors (Lipinski definition) is 2. The van der Waals surface area contributed by atoms with E-state index in [1.165, 1.54) is 22.3 Å². The molecule has 2 aromatic rings. The topological polar surface area (TPSA) is 24.7 Å². The fourth-order valence-corrected chi connectivity index (χ4v) is 3.71. The summed E-state index contributed by atoms with van der Waals surface area (Å²) in [5.74, 6) is 0. The Bertz CT molecular complexity index is 912. The molecule has 0 aliphatic rings. The van der Waals surface area contributed by atoms with Crippen LogP contribution in [0.5, 0.6) is 0 Å². The number of hydrogen-bond donors (Lipinski definition) is 0. The SMILES string of the molecule is CC(C)(C)c1ccc(C(C)(C)C)c(N=CC=Nc2cc(C(C)(C)C)ccc2C(C)(C)C)c1. The molecule has 0 radical (unpaired) electrons. The Hall–Kier alpha value is -2.22. The van der Waals surface area contributed by atoms with Gasteiger partial charge in [0.2, 0.25) is 0 Å². The van der Waals surface area contributed by atoms with Crippen LogP contribution in [-0.2, 0) is 21.7 Å². The molecule has 0 aliphatic carbocycles. The van der Waals surface area contributed by atoms with Gasteiger partial charge in [-0.3, -0.25) is 9.98 Å². The molecule has 0 fully saturated rings. The van der Waals surface area contributed by atoms with Crippen molar-refractivity contribution in [1.82, 2.24) is 0 Å². The third-order valence-electron chi connectivity index (χ3n) is 5.84. The molecule has 0 N–H and O–H groups in total. The molecule has 0 saturated heterocycles. The Balaban J connectivity index is 2.48. The van der Waals surface area contributed by atoms with E-state index in [1.54, 1.807) is 0 Å². The zero-order valence-corrected chi connectivity index (χ0v) is 22.5. The van der Waals surface area contributed by atoms with Crippen molar-refractivity contribution < 1.29 is 0 Å². The van der Waals surface area contributed by atoms with Crippen LogP contribution in [0, 0.1) is 0 Å². The molecule has 0 aliphatic heterocycles. The first-order valence-electron chi connectivity index (χ1n) is 11.8. The van der Waals surface area contributed by atoms with E-state index in [1.807, 2.05) is 12.4 Å². The summed E-state index contributed by atoms with van der Waals surface area (Å²) >= 11 is 0. The summed E-state index contributed by atoms with van der Waals surface area (Å²) < 4.78 is 0. The maximum absolute atomic E-state index is 4.85. The summed E-state index contributed by atoms with van der Waals surface area (Å²) in [6.45, 7) is 26.9. The average molecular weight is 433 g/mol. The van der Waals surface area contributed by atoms with Crippen LogP contribution in [0.4, 0.5) is 11.4 Å². The maximum atomic E-state index is 4.85. The molecule has 0 saturated carbocycles. The normalized spacial score (nSPS) is 14.0. The van der Waals surface area contributed by atoms with Gasteiger partial charge in [-0.2, -0.15) is 0 Å². The second-order valence-electron chi connectivity index (χ2n) is 13.0. The van der Waals surface area contributed by atoms with Crippen molar-refractivity contribution in [3.05, 3.63) is 58.7 Å². The van der Waals surface area contributed by atoms with Gasteiger partial charge in [0, 0.05) is 12.4 Å². The van der Waals surface area contributed by atoms with Crippen LogP contribution in [0.1, 0.15) is 105 Å². The highest BCUT2D eigenvalue weighted by Gasteiger charge is 2.22. The molecule has 2 nitrogen and oxygen atoms in total. The van der Waals surface area contributed by atoms with E-state index in [9.17, 15) is 0 Å². The molecule has 2 rings (SSSR count). The zero-order valence-electron chi connectivity index (χ0n) is 22.5. The van der Waals surface area contributed by atoms with Gasteiger partial charge < -0.3 is 0 Å². The van der Waals surface area contributed by atoms with Gasteiger partial charge in [0.25, 0.3) is 0 Å². The maximum Gasteiger partial charge on any atom is 0.0670 e. The first kappa shape index (κ1) is 26.0.